The summed E-state index contributed by atoms with van der Waals surface area (Å²) in [5.74, 6) is -0.0542. The molecule has 3 N–H and O–H groups in total. The fourth-order valence-electron chi connectivity index (χ4n) is 3.41. The lowest BCUT2D eigenvalue weighted by Crippen LogP contribution is -2.41. The van der Waals surface area contributed by atoms with E-state index in [1.165, 1.54) is 11.0 Å². The molecule has 1 aliphatic rings. The van der Waals surface area contributed by atoms with Crippen molar-refractivity contribution in [3.63, 3.8) is 0 Å². The number of anilines is 1. The predicted octanol–water partition coefficient (Wildman–Crippen LogP) is 4.42. The van der Waals surface area contributed by atoms with Crippen molar-refractivity contribution in [1.82, 2.24) is 10.2 Å². The van der Waals surface area contributed by atoms with Gasteiger partial charge in [-0.2, -0.15) is 8.42 Å². The van der Waals surface area contributed by atoms with E-state index in [-0.39, 0.29) is 34.6 Å². The fraction of sp³-hybridized carbons (Fsp3) is 0.435. The summed E-state index contributed by atoms with van der Waals surface area (Å²) < 4.78 is 38.2. The van der Waals surface area contributed by atoms with Gasteiger partial charge in [-0.1, -0.05) is 34.6 Å². The first-order valence-corrected chi connectivity index (χ1v) is 13.1. The lowest BCUT2D eigenvalue weighted by atomic mass is 9.84. The number of halogens is 1. The molecule has 190 valence electrons. The van der Waals surface area contributed by atoms with E-state index in [9.17, 15) is 18.3 Å². The van der Waals surface area contributed by atoms with Crippen LogP contribution < -0.4 is 10.6 Å². The number of carbonyl (C=O) groups excluding carboxylic acids is 1. The number of hydrogen-bond acceptors (Lipinski definition) is 7. The largest absolute Gasteiger partial charge is 0.505 e. The molecule has 1 amide bonds. The Kier molecular flexibility index (Phi) is 7.37. The van der Waals surface area contributed by atoms with Crippen LogP contribution in [0.1, 0.15) is 68.3 Å². The number of amides is 1. The molecule has 0 saturated carbocycles. The molecule has 0 spiro atoms. The summed E-state index contributed by atoms with van der Waals surface area (Å²) in [5, 5.41) is 16.8. The Morgan fingerprint density at radius 1 is 1.17 bits per heavy atom. The molecule has 1 atom stereocenters. The normalized spacial score (nSPS) is 16.0. The van der Waals surface area contributed by atoms with Gasteiger partial charge in [-0.15, -0.1) is 8.80 Å². The molecular formula is C23H30BrN5O5S. The summed E-state index contributed by atoms with van der Waals surface area (Å²) in [4.78, 5) is 13.9. The second kappa shape index (κ2) is 9.65. The first-order valence-electron chi connectivity index (χ1n) is 10.9. The van der Waals surface area contributed by atoms with E-state index in [1.807, 2.05) is 26.8 Å². The molecule has 12 heteroatoms. The maximum Gasteiger partial charge on any atom is 0.367 e. The summed E-state index contributed by atoms with van der Waals surface area (Å²) in [6, 6.07) is 4.56. The minimum Gasteiger partial charge on any atom is -0.505 e. The maximum atomic E-state index is 12.5. The number of hydrogen-bond donors (Lipinski definition) is 3. The highest BCUT2D eigenvalue weighted by molar-refractivity contribution is 9.10. The molecular weight excluding hydrogens is 538 g/mol. The van der Waals surface area contributed by atoms with Crippen LogP contribution in [0.5, 0.6) is 5.75 Å². The van der Waals surface area contributed by atoms with Crippen molar-refractivity contribution >= 4 is 49.4 Å². The highest BCUT2D eigenvalue weighted by Gasteiger charge is 2.35. The average Bonchev–Trinajstić information content (AvgIpc) is 3.31. The molecule has 1 aliphatic heterocycles. The molecule has 35 heavy (non-hydrogen) atoms. The van der Waals surface area contributed by atoms with Crippen molar-refractivity contribution < 1.29 is 22.7 Å². The van der Waals surface area contributed by atoms with Crippen molar-refractivity contribution in [2.45, 2.75) is 46.6 Å². The first-order chi connectivity index (χ1) is 16.1. The van der Waals surface area contributed by atoms with Crippen LogP contribution in [0.2, 0.25) is 0 Å². The van der Waals surface area contributed by atoms with Crippen LogP contribution in [0, 0.1) is 5.41 Å². The van der Waals surface area contributed by atoms with Gasteiger partial charge in [0, 0.05) is 18.6 Å². The lowest BCUT2D eigenvalue weighted by molar-refractivity contribution is 0.0824. The smallest absolute Gasteiger partial charge is 0.367 e. The van der Waals surface area contributed by atoms with Crippen LogP contribution >= 0.6 is 15.9 Å². The molecule has 0 fully saturated rings. The average molecular weight is 568 g/mol. The van der Waals surface area contributed by atoms with E-state index in [1.54, 1.807) is 26.4 Å². The van der Waals surface area contributed by atoms with E-state index in [0.717, 1.165) is 5.56 Å². The monoisotopic (exact) mass is 567 g/mol. The van der Waals surface area contributed by atoms with Gasteiger partial charge in [0.25, 0.3) is 5.91 Å². The quantitative estimate of drug-likeness (QED) is 0.455. The summed E-state index contributed by atoms with van der Waals surface area (Å²) >= 11 is 3.28. The second-order valence-electron chi connectivity index (χ2n) is 9.85. The van der Waals surface area contributed by atoms with Crippen LogP contribution in [-0.2, 0) is 10.2 Å². The van der Waals surface area contributed by atoms with Gasteiger partial charge in [-0.25, -0.2) is 0 Å². The summed E-state index contributed by atoms with van der Waals surface area (Å²) in [5.41, 5.74) is 0.743. The number of benzene rings is 1. The summed E-state index contributed by atoms with van der Waals surface area (Å²) in [6.45, 7) is 10.1. The van der Waals surface area contributed by atoms with Gasteiger partial charge in [-0.05, 0) is 51.0 Å². The Balaban J connectivity index is 1.98. The Hall–Kier alpha value is -2.86. The Labute approximate surface area is 213 Å². The van der Waals surface area contributed by atoms with E-state index in [4.69, 9.17) is 4.42 Å². The second-order valence-corrected chi connectivity index (χ2v) is 12.0. The first kappa shape index (κ1) is 26.7. The van der Waals surface area contributed by atoms with Gasteiger partial charge in [0.05, 0.1) is 23.6 Å². The molecule has 2 heterocycles. The number of rotatable bonds is 5. The molecule has 10 nitrogen and oxygen atoms in total. The number of nitrogens with zero attached hydrogens (tertiary/aromatic N) is 3. The fourth-order valence-corrected chi connectivity index (χ4v) is 4.67. The van der Waals surface area contributed by atoms with Crippen LogP contribution in [-0.4, -0.2) is 50.1 Å². The van der Waals surface area contributed by atoms with Gasteiger partial charge in [0.2, 0.25) is 0 Å². The molecule has 0 bridgehead atoms. The maximum absolute atomic E-state index is 12.5. The molecule has 1 aromatic carbocycles. The third kappa shape index (κ3) is 5.87. The molecule has 1 unspecified atom stereocenters. The third-order valence-electron chi connectivity index (χ3n) is 5.38. The van der Waals surface area contributed by atoms with Crippen molar-refractivity contribution in [1.29, 1.82) is 0 Å². The van der Waals surface area contributed by atoms with Crippen LogP contribution in [0.4, 0.5) is 5.69 Å². The van der Waals surface area contributed by atoms with E-state index in [2.05, 4.69) is 49.2 Å². The standard InChI is InChI=1S/C23H30BrN5O5S/c1-12(2)13-10-16(34-11-13)19(23(3,4)5)26-21-20(27-35(32,33)28-21)25-15-9-8-14(24)17(18(15)30)22(31)29(6)7/h8-12,19,30H,1-7H3,(H,25,27)(H,26,28). The van der Waals surface area contributed by atoms with Crippen molar-refractivity contribution in [3.8, 4) is 5.75 Å². The minimum absolute atomic E-state index is 0.0253. The van der Waals surface area contributed by atoms with Crippen LogP contribution in [0.3, 0.4) is 0 Å². The summed E-state index contributed by atoms with van der Waals surface area (Å²) in [6.07, 6.45) is 1.68. The van der Waals surface area contributed by atoms with Crippen LogP contribution in [0.15, 0.2) is 42.1 Å². The number of amidine groups is 2. The number of phenols is 1. The molecule has 2 aromatic rings. The third-order valence-corrected chi connectivity index (χ3v) is 6.86. The Morgan fingerprint density at radius 2 is 1.80 bits per heavy atom. The number of carbonyl (C=O) groups is 1. The van der Waals surface area contributed by atoms with E-state index < -0.39 is 27.6 Å². The summed E-state index contributed by atoms with van der Waals surface area (Å²) in [7, 11) is -1.04. The number of furan rings is 1. The highest BCUT2D eigenvalue weighted by Crippen LogP contribution is 2.37. The molecule has 0 radical (unpaired) electrons. The molecule has 3 rings (SSSR count). The van der Waals surface area contributed by atoms with E-state index >= 15 is 0 Å². The van der Waals surface area contributed by atoms with Crippen molar-refractivity contribution in [2.24, 2.45) is 14.2 Å². The van der Waals surface area contributed by atoms with Gasteiger partial charge >= 0.3 is 10.2 Å². The zero-order valence-electron chi connectivity index (χ0n) is 20.7. The number of phenolic OH excluding ortho intramolecular Hbond substituents is 1. The number of nitrogens with one attached hydrogen (secondary N) is 2. The highest BCUT2D eigenvalue weighted by atomic mass is 79.9. The predicted molar refractivity (Wildman–Crippen MR) is 139 cm³/mol. The molecule has 1 aromatic heterocycles. The number of aromatic hydroxyl groups is 1. The van der Waals surface area contributed by atoms with Gasteiger partial charge < -0.3 is 25.1 Å². The zero-order valence-corrected chi connectivity index (χ0v) is 23.1. The Morgan fingerprint density at radius 3 is 2.34 bits per heavy atom. The topological polar surface area (TPSA) is 137 Å². The minimum atomic E-state index is -4.15. The van der Waals surface area contributed by atoms with Crippen LogP contribution in [0.25, 0.3) is 0 Å². The molecule has 0 saturated heterocycles. The SMILES string of the molecule is CC(C)c1coc(C(NC2=NS(=O)(=O)N=C2Nc2ccc(Br)c(C(=O)N(C)C)c2O)C(C)(C)C)c1. The zero-order chi connectivity index (χ0) is 26.3. The Bertz CT molecular complexity index is 1310. The van der Waals surface area contributed by atoms with Gasteiger partial charge in [0.15, 0.2) is 17.4 Å². The molecule has 0 aliphatic carbocycles. The van der Waals surface area contributed by atoms with Crippen molar-refractivity contribution in [2.75, 3.05) is 19.4 Å². The van der Waals surface area contributed by atoms with E-state index in [0.29, 0.717) is 10.2 Å². The van der Waals surface area contributed by atoms with Gasteiger partial charge in [-0.3, -0.25) is 4.79 Å². The van der Waals surface area contributed by atoms with Gasteiger partial charge in [0.1, 0.15) is 5.76 Å². The lowest BCUT2D eigenvalue weighted by Gasteiger charge is -2.30. The van der Waals surface area contributed by atoms with Crippen molar-refractivity contribution in [3.05, 3.63) is 45.8 Å².